The Morgan fingerprint density at radius 2 is 1.68 bits per heavy atom. The summed E-state index contributed by atoms with van der Waals surface area (Å²) >= 11 is 0. The Hall–Kier alpha value is -2.63. The molecule has 0 aliphatic carbocycles. The molecule has 0 aliphatic rings. The Kier molecular flexibility index (Phi) is 5.59. The van der Waals surface area contributed by atoms with Crippen molar-refractivity contribution < 1.29 is 13.5 Å². The van der Waals surface area contributed by atoms with Gasteiger partial charge in [-0.1, -0.05) is 59.7 Å². The number of fused-ring (bicyclic) bond motifs is 1. The zero-order chi connectivity index (χ0) is 20.5. The first-order valence-electron chi connectivity index (χ1n) is 9.13. The number of hydrogen-bond donors (Lipinski definition) is 2. The second kappa shape index (κ2) is 7.78. The third-order valence-electron chi connectivity index (χ3n) is 4.95. The maximum absolute atomic E-state index is 12.7. The van der Waals surface area contributed by atoms with Gasteiger partial charge in [-0.15, -0.1) is 0 Å². The molecule has 0 saturated heterocycles. The van der Waals surface area contributed by atoms with Crippen molar-refractivity contribution in [2.75, 3.05) is 6.54 Å². The SMILES string of the molecule is C=C(C)[C@@H](CNS(=O)(=O)c1ccc(C)cc1)c1c(O)ccc2cc(C)ccc12. The van der Waals surface area contributed by atoms with E-state index in [1.165, 1.54) is 0 Å². The zero-order valence-corrected chi connectivity index (χ0v) is 17.2. The molecule has 28 heavy (non-hydrogen) atoms. The third-order valence-corrected chi connectivity index (χ3v) is 6.39. The molecule has 0 heterocycles. The van der Waals surface area contributed by atoms with Gasteiger partial charge < -0.3 is 5.11 Å². The lowest BCUT2D eigenvalue weighted by Crippen LogP contribution is -2.29. The lowest BCUT2D eigenvalue weighted by molar-refractivity contribution is 0.465. The number of nitrogens with one attached hydrogen (secondary N) is 1. The van der Waals surface area contributed by atoms with Crippen LogP contribution >= 0.6 is 0 Å². The Morgan fingerprint density at radius 3 is 2.32 bits per heavy atom. The summed E-state index contributed by atoms with van der Waals surface area (Å²) in [6, 6.07) is 16.2. The molecule has 2 N–H and O–H groups in total. The molecule has 0 saturated carbocycles. The van der Waals surface area contributed by atoms with Crippen LogP contribution in [0, 0.1) is 13.8 Å². The summed E-state index contributed by atoms with van der Waals surface area (Å²) in [5.74, 6) is -0.217. The normalized spacial score (nSPS) is 12.8. The Labute approximate surface area is 166 Å². The molecule has 0 spiro atoms. The first-order chi connectivity index (χ1) is 13.2. The highest BCUT2D eigenvalue weighted by Gasteiger charge is 2.23. The van der Waals surface area contributed by atoms with E-state index in [2.05, 4.69) is 11.3 Å². The van der Waals surface area contributed by atoms with E-state index in [9.17, 15) is 13.5 Å². The summed E-state index contributed by atoms with van der Waals surface area (Å²) in [5.41, 5.74) is 3.58. The molecule has 0 unspecified atom stereocenters. The van der Waals surface area contributed by atoms with Crippen molar-refractivity contribution in [2.24, 2.45) is 0 Å². The minimum atomic E-state index is -3.66. The van der Waals surface area contributed by atoms with Crippen molar-refractivity contribution in [1.29, 1.82) is 0 Å². The molecule has 0 bridgehead atoms. The standard InChI is InChI=1S/C23H25NO3S/c1-15(2)21(14-24-28(26,27)19-9-5-16(3)6-10-19)23-20-11-7-17(4)13-18(20)8-12-22(23)25/h5-13,21,24-25H,1,14H2,2-4H3/t21-/m1/s1. The summed E-state index contributed by atoms with van der Waals surface area (Å²) in [4.78, 5) is 0.219. The number of phenols is 1. The lowest BCUT2D eigenvalue weighted by atomic mass is 9.88. The van der Waals surface area contributed by atoms with Gasteiger partial charge in [0.05, 0.1) is 4.90 Å². The number of sulfonamides is 1. The number of benzene rings is 3. The molecule has 146 valence electrons. The van der Waals surface area contributed by atoms with E-state index in [1.54, 1.807) is 30.3 Å². The van der Waals surface area contributed by atoms with Gasteiger partial charge in [0.2, 0.25) is 10.0 Å². The van der Waals surface area contributed by atoms with Crippen LogP contribution in [0.15, 0.2) is 71.6 Å². The molecule has 0 fully saturated rings. The van der Waals surface area contributed by atoms with Gasteiger partial charge in [-0.2, -0.15) is 0 Å². The van der Waals surface area contributed by atoms with Crippen LogP contribution in [0.1, 0.15) is 29.5 Å². The van der Waals surface area contributed by atoms with Crippen molar-refractivity contribution in [3.63, 3.8) is 0 Å². The second-order valence-electron chi connectivity index (χ2n) is 7.29. The molecule has 0 aliphatic heterocycles. The van der Waals surface area contributed by atoms with Gasteiger partial charge in [0, 0.05) is 18.0 Å². The van der Waals surface area contributed by atoms with E-state index in [-0.39, 0.29) is 23.1 Å². The Balaban J connectivity index is 1.97. The predicted octanol–water partition coefficient (Wildman–Crippen LogP) is 4.80. The minimum Gasteiger partial charge on any atom is -0.508 e. The lowest BCUT2D eigenvalue weighted by Gasteiger charge is -2.22. The average Bonchev–Trinajstić information content (AvgIpc) is 2.63. The van der Waals surface area contributed by atoms with Crippen LogP contribution in [0.4, 0.5) is 0 Å². The zero-order valence-electron chi connectivity index (χ0n) is 16.4. The molecule has 0 aromatic heterocycles. The van der Waals surface area contributed by atoms with Crippen molar-refractivity contribution in [1.82, 2.24) is 4.72 Å². The van der Waals surface area contributed by atoms with E-state index in [0.29, 0.717) is 5.56 Å². The molecule has 1 atom stereocenters. The molecule has 0 amide bonds. The van der Waals surface area contributed by atoms with Crippen LogP contribution in [-0.2, 0) is 10.0 Å². The molecule has 5 heteroatoms. The van der Waals surface area contributed by atoms with Gasteiger partial charge >= 0.3 is 0 Å². The summed E-state index contributed by atoms with van der Waals surface area (Å²) in [6.45, 7) is 9.92. The van der Waals surface area contributed by atoms with Crippen LogP contribution in [0.2, 0.25) is 0 Å². The van der Waals surface area contributed by atoms with Gasteiger partial charge in [-0.05, 0) is 49.7 Å². The fourth-order valence-electron chi connectivity index (χ4n) is 3.34. The van der Waals surface area contributed by atoms with Crippen molar-refractivity contribution in [3.8, 4) is 5.75 Å². The second-order valence-corrected chi connectivity index (χ2v) is 9.05. The topological polar surface area (TPSA) is 66.4 Å². The van der Waals surface area contributed by atoms with Gasteiger partial charge in [-0.25, -0.2) is 13.1 Å². The van der Waals surface area contributed by atoms with Gasteiger partial charge in [0.1, 0.15) is 5.75 Å². The number of rotatable bonds is 6. The molecule has 3 rings (SSSR count). The summed E-state index contributed by atoms with van der Waals surface area (Å²) in [6.07, 6.45) is 0. The average molecular weight is 396 g/mol. The maximum Gasteiger partial charge on any atom is 0.240 e. The van der Waals surface area contributed by atoms with Crippen LogP contribution in [0.5, 0.6) is 5.75 Å². The number of aromatic hydroxyl groups is 1. The van der Waals surface area contributed by atoms with Crippen molar-refractivity contribution in [2.45, 2.75) is 31.6 Å². The summed E-state index contributed by atoms with van der Waals surface area (Å²) < 4.78 is 28.1. The number of phenolic OH excluding ortho intramolecular Hbond substituents is 1. The number of aryl methyl sites for hydroxylation is 2. The third kappa shape index (κ3) is 4.11. The van der Waals surface area contributed by atoms with Crippen LogP contribution in [-0.4, -0.2) is 20.1 Å². The highest BCUT2D eigenvalue weighted by Crippen LogP contribution is 2.37. The Bertz CT molecular complexity index is 1130. The van der Waals surface area contributed by atoms with Gasteiger partial charge in [-0.3, -0.25) is 0 Å². The van der Waals surface area contributed by atoms with Crippen LogP contribution in [0.25, 0.3) is 10.8 Å². The highest BCUT2D eigenvalue weighted by atomic mass is 32.2. The first kappa shape index (κ1) is 20.1. The highest BCUT2D eigenvalue weighted by molar-refractivity contribution is 7.89. The van der Waals surface area contributed by atoms with E-state index >= 15 is 0 Å². The van der Waals surface area contributed by atoms with Gasteiger partial charge in [0.15, 0.2) is 0 Å². The van der Waals surface area contributed by atoms with Crippen molar-refractivity contribution in [3.05, 3.63) is 83.4 Å². The Morgan fingerprint density at radius 1 is 1.04 bits per heavy atom. The van der Waals surface area contributed by atoms with E-state index in [4.69, 9.17) is 0 Å². The first-order valence-corrected chi connectivity index (χ1v) is 10.6. The fourth-order valence-corrected chi connectivity index (χ4v) is 4.39. The van der Waals surface area contributed by atoms with Crippen LogP contribution in [0.3, 0.4) is 0 Å². The predicted molar refractivity (Wildman–Crippen MR) is 114 cm³/mol. The summed E-state index contributed by atoms with van der Waals surface area (Å²) in [5, 5.41) is 12.5. The number of hydrogen-bond acceptors (Lipinski definition) is 3. The van der Waals surface area contributed by atoms with Crippen molar-refractivity contribution >= 4 is 20.8 Å². The largest absolute Gasteiger partial charge is 0.508 e. The smallest absolute Gasteiger partial charge is 0.240 e. The molecule has 4 nitrogen and oxygen atoms in total. The van der Waals surface area contributed by atoms with Gasteiger partial charge in [0.25, 0.3) is 0 Å². The van der Waals surface area contributed by atoms with E-state index in [1.807, 2.05) is 45.0 Å². The summed E-state index contributed by atoms with van der Waals surface area (Å²) in [7, 11) is -3.66. The molecule has 3 aromatic rings. The molecular weight excluding hydrogens is 370 g/mol. The van der Waals surface area contributed by atoms with E-state index in [0.717, 1.165) is 27.5 Å². The fraction of sp³-hybridized carbons (Fsp3) is 0.217. The monoisotopic (exact) mass is 395 g/mol. The molecule has 3 aromatic carbocycles. The quantitative estimate of drug-likeness (QED) is 0.589. The maximum atomic E-state index is 12.7. The van der Waals surface area contributed by atoms with Crippen LogP contribution < -0.4 is 4.72 Å². The minimum absolute atomic E-state index is 0.117. The van der Waals surface area contributed by atoms with E-state index < -0.39 is 10.0 Å². The molecular formula is C23H25NO3S. The molecule has 0 radical (unpaired) electrons.